The third-order valence-electron chi connectivity index (χ3n) is 3.77. The predicted molar refractivity (Wildman–Crippen MR) is 120 cm³/mol. The van der Waals surface area contributed by atoms with Crippen LogP contribution in [-0.4, -0.2) is 21.5 Å². The molecule has 1 aliphatic rings. The van der Waals surface area contributed by atoms with E-state index in [0.29, 0.717) is 11.5 Å². The standard InChI is InChI=1S/C20H14O4.C4H4Si.CH4/c21-19(23-15-9-3-1-4-10-15)17-13-7-8-14-18(17)20(22)24-16-11-5-2-6-12-16;1-2-4-5-3-1;/h1-14H;1-4H;1H4. The maximum absolute atomic E-state index is 12.4. The number of carbonyl (C=O) groups is 2. The van der Waals surface area contributed by atoms with E-state index in [2.05, 4.69) is 23.6 Å². The van der Waals surface area contributed by atoms with Crippen LogP contribution < -0.4 is 9.47 Å². The highest BCUT2D eigenvalue weighted by Gasteiger charge is 2.20. The largest absolute Gasteiger partial charge is 0.423 e. The molecule has 3 aromatic rings. The van der Waals surface area contributed by atoms with Gasteiger partial charge in [-0.05, 0) is 36.4 Å². The van der Waals surface area contributed by atoms with Crippen molar-refractivity contribution in [2.24, 2.45) is 0 Å². The fraction of sp³-hybridized carbons (Fsp3) is 0.0400. The maximum atomic E-state index is 12.4. The molecule has 0 saturated heterocycles. The van der Waals surface area contributed by atoms with Gasteiger partial charge in [-0.25, -0.2) is 9.59 Å². The Hall–Kier alpha value is -3.70. The van der Waals surface area contributed by atoms with Crippen LogP contribution in [0.4, 0.5) is 0 Å². The van der Waals surface area contributed by atoms with Crippen LogP contribution in [0.3, 0.4) is 0 Å². The molecule has 0 saturated carbocycles. The van der Waals surface area contributed by atoms with Crippen molar-refractivity contribution in [3.8, 4) is 11.5 Å². The number of hydrogen-bond acceptors (Lipinski definition) is 4. The molecule has 2 radical (unpaired) electrons. The number of para-hydroxylation sites is 2. The van der Waals surface area contributed by atoms with Crippen molar-refractivity contribution >= 4 is 21.5 Å². The molecule has 3 aromatic carbocycles. The Kier molecular flexibility index (Phi) is 9.02. The smallest absolute Gasteiger partial charge is 0.344 e. The third-order valence-corrected chi connectivity index (χ3v) is 4.54. The van der Waals surface area contributed by atoms with Crippen molar-refractivity contribution < 1.29 is 19.1 Å². The topological polar surface area (TPSA) is 52.6 Å². The summed E-state index contributed by atoms with van der Waals surface area (Å²) >= 11 is 0. The fourth-order valence-electron chi connectivity index (χ4n) is 2.42. The Balaban J connectivity index is 0.000000468. The SMILES string of the molecule is C.C1=C[Si]C=C1.O=C(Oc1ccccc1)c1ccccc1C(=O)Oc1ccccc1. The molecule has 0 bridgehead atoms. The van der Waals surface area contributed by atoms with E-state index in [1.807, 2.05) is 12.1 Å². The van der Waals surface area contributed by atoms with E-state index < -0.39 is 11.9 Å². The maximum Gasteiger partial charge on any atom is 0.344 e. The summed E-state index contributed by atoms with van der Waals surface area (Å²) < 4.78 is 10.6. The average Bonchev–Trinajstić information content (AvgIpc) is 3.35. The summed E-state index contributed by atoms with van der Waals surface area (Å²) in [6.45, 7) is 0. The van der Waals surface area contributed by atoms with Gasteiger partial charge in [0.2, 0.25) is 0 Å². The van der Waals surface area contributed by atoms with Gasteiger partial charge in [0.25, 0.3) is 0 Å². The normalized spacial score (nSPS) is 10.9. The molecule has 150 valence electrons. The summed E-state index contributed by atoms with van der Waals surface area (Å²) in [7, 11) is 0.948. The molecule has 4 rings (SSSR count). The van der Waals surface area contributed by atoms with Gasteiger partial charge in [0, 0.05) is 0 Å². The lowest BCUT2D eigenvalue weighted by atomic mass is 10.1. The Morgan fingerprint density at radius 1 is 0.567 bits per heavy atom. The van der Waals surface area contributed by atoms with E-state index >= 15 is 0 Å². The number of hydrogen-bond donors (Lipinski definition) is 0. The Morgan fingerprint density at radius 3 is 1.27 bits per heavy atom. The Morgan fingerprint density at radius 2 is 0.933 bits per heavy atom. The molecular formula is C25H22O4Si. The minimum Gasteiger partial charge on any atom is -0.423 e. The lowest BCUT2D eigenvalue weighted by Gasteiger charge is -2.09. The van der Waals surface area contributed by atoms with Crippen molar-refractivity contribution in [2.75, 3.05) is 0 Å². The number of allylic oxidation sites excluding steroid dienone is 2. The number of ether oxygens (including phenoxy) is 2. The summed E-state index contributed by atoms with van der Waals surface area (Å²) in [6, 6.07) is 23.8. The first-order chi connectivity index (χ1) is 14.2. The molecule has 30 heavy (non-hydrogen) atoms. The quantitative estimate of drug-likeness (QED) is 0.322. The molecular weight excluding hydrogens is 392 g/mol. The van der Waals surface area contributed by atoms with Crippen LogP contribution in [0, 0.1) is 0 Å². The molecule has 4 nitrogen and oxygen atoms in total. The molecule has 0 aromatic heterocycles. The summed E-state index contributed by atoms with van der Waals surface area (Å²) in [5, 5.41) is 0. The number of rotatable bonds is 4. The molecule has 0 amide bonds. The fourth-order valence-corrected chi connectivity index (χ4v) is 2.97. The number of carbonyl (C=O) groups excluding carboxylic acids is 2. The Bertz CT molecular complexity index is 929. The summed E-state index contributed by atoms with van der Waals surface area (Å²) in [5.74, 6) is -0.397. The third kappa shape index (κ3) is 6.72. The van der Waals surface area contributed by atoms with Crippen molar-refractivity contribution in [2.45, 2.75) is 7.43 Å². The van der Waals surface area contributed by atoms with Crippen LogP contribution >= 0.6 is 0 Å². The Labute approximate surface area is 179 Å². The van der Waals surface area contributed by atoms with E-state index in [1.54, 1.807) is 60.7 Å². The van der Waals surface area contributed by atoms with Gasteiger partial charge in [0.15, 0.2) is 0 Å². The van der Waals surface area contributed by atoms with Gasteiger partial charge < -0.3 is 9.47 Å². The zero-order chi connectivity index (χ0) is 20.3. The van der Waals surface area contributed by atoms with E-state index in [-0.39, 0.29) is 18.6 Å². The first-order valence-electron chi connectivity index (χ1n) is 8.95. The van der Waals surface area contributed by atoms with Crippen LogP contribution in [0.5, 0.6) is 11.5 Å². The highest BCUT2D eigenvalue weighted by atomic mass is 28.2. The van der Waals surface area contributed by atoms with E-state index in [9.17, 15) is 9.59 Å². The molecule has 0 N–H and O–H groups in total. The molecule has 1 aliphatic heterocycles. The van der Waals surface area contributed by atoms with E-state index in [0.717, 1.165) is 9.52 Å². The van der Waals surface area contributed by atoms with Crippen LogP contribution in [0.2, 0.25) is 0 Å². The second kappa shape index (κ2) is 12.0. The van der Waals surface area contributed by atoms with E-state index in [1.165, 1.54) is 12.1 Å². The highest BCUT2D eigenvalue weighted by molar-refractivity contribution is 6.49. The summed E-state index contributed by atoms with van der Waals surface area (Å²) in [6.07, 6.45) is 4.14. The highest BCUT2D eigenvalue weighted by Crippen LogP contribution is 2.17. The minimum atomic E-state index is -0.609. The van der Waals surface area contributed by atoms with Crippen molar-refractivity contribution in [3.63, 3.8) is 0 Å². The lowest BCUT2D eigenvalue weighted by Crippen LogP contribution is -2.17. The monoisotopic (exact) mass is 414 g/mol. The van der Waals surface area contributed by atoms with Gasteiger partial charge in [-0.2, -0.15) is 0 Å². The lowest BCUT2D eigenvalue weighted by molar-refractivity contribution is 0.0692. The molecule has 0 aliphatic carbocycles. The number of benzene rings is 3. The molecule has 0 spiro atoms. The zero-order valence-corrected chi connectivity index (χ0v) is 16.5. The number of esters is 2. The van der Waals surface area contributed by atoms with Gasteiger partial charge in [0.05, 0.1) is 11.1 Å². The van der Waals surface area contributed by atoms with Crippen LogP contribution in [0.25, 0.3) is 0 Å². The first kappa shape index (κ1) is 22.6. The second-order valence-corrected chi connectivity index (χ2v) is 6.84. The van der Waals surface area contributed by atoms with Crippen LogP contribution in [0.15, 0.2) is 108 Å². The van der Waals surface area contributed by atoms with Gasteiger partial charge in [-0.1, -0.05) is 79.5 Å². The average molecular weight is 415 g/mol. The van der Waals surface area contributed by atoms with Crippen LogP contribution in [0.1, 0.15) is 28.1 Å². The van der Waals surface area contributed by atoms with Gasteiger partial charge in [-0.3, -0.25) is 0 Å². The second-order valence-electron chi connectivity index (χ2n) is 5.84. The van der Waals surface area contributed by atoms with Crippen molar-refractivity contribution in [1.29, 1.82) is 0 Å². The molecule has 0 fully saturated rings. The molecule has 0 atom stereocenters. The first-order valence-corrected chi connectivity index (χ1v) is 10.1. The van der Waals surface area contributed by atoms with Gasteiger partial charge in [0.1, 0.15) is 21.0 Å². The van der Waals surface area contributed by atoms with Gasteiger partial charge in [-0.15, -0.1) is 0 Å². The zero-order valence-electron chi connectivity index (χ0n) is 15.5. The molecule has 1 heterocycles. The van der Waals surface area contributed by atoms with Gasteiger partial charge >= 0.3 is 11.9 Å². The molecule has 5 heteroatoms. The predicted octanol–water partition coefficient (Wildman–Crippen LogP) is 5.49. The minimum absolute atomic E-state index is 0. The summed E-state index contributed by atoms with van der Waals surface area (Å²) in [5.41, 5.74) is 4.62. The molecule has 0 unspecified atom stereocenters. The van der Waals surface area contributed by atoms with E-state index in [4.69, 9.17) is 9.47 Å². The summed E-state index contributed by atoms with van der Waals surface area (Å²) in [4.78, 5) is 24.7. The van der Waals surface area contributed by atoms with Crippen LogP contribution in [-0.2, 0) is 0 Å². The van der Waals surface area contributed by atoms with Crippen molar-refractivity contribution in [3.05, 3.63) is 120 Å². The van der Waals surface area contributed by atoms with Crippen molar-refractivity contribution in [1.82, 2.24) is 0 Å².